The number of benzene rings is 1. The standard InChI is InChI=1S/C38H56O4/c1-25(41-22-26-10-8-7-9-11-26)38-19-14-28(37(6)24-42-37)32(38)27-12-13-30-33(2)17-16-31(40)34(3,23-39)29(33)15-18-36(30,5)35(27,4)20-21-38/h7-11,27-32,39-40H,1,12-24H2,2-6H3/t27?,28-,29-,30?,31+,32+,33+,34+,35-,36-,37?,38-/m1/s1. The Morgan fingerprint density at radius 1 is 0.857 bits per heavy atom. The highest BCUT2D eigenvalue weighted by atomic mass is 16.6. The predicted molar refractivity (Wildman–Crippen MR) is 166 cm³/mol. The summed E-state index contributed by atoms with van der Waals surface area (Å²) in [4.78, 5) is 0. The molecule has 0 radical (unpaired) electrons. The van der Waals surface area contributed by atoms with Crippen LogP contribution >= 0.6 is 0 Å². The third-order valence-electron chi connectivity index (χ3n) is 15.7. The van der Waals surface area contributed by atoms with Crippen LogP contribution < -0.4 is 0 Å². The summed E-state index contributed by atoms with van der Waals surface area (Å²) < 4.78 is 12.9. The molecule has 5 saturated carbocycles. The Kier molecular flexibility index (Phi) is 6.69. The van der Waals surface area contributed by atoms with Crippen LogP contribution in [0.3, 0.4) is 0 Å². The summed E-state index contributed by atoms with van der Waals surface area (Å²) in [6, 6.07) is 10.6. The van der Waals surface area contributed by atoms with Gasteiger partial charge in [-0.15, -0.1) is 0 Å². The van der Waals surface area contributed by atoms with Gasteiger partial charge in [-0.1, -0.05) is 64.6 Å². The average molecular weight is 577 g/mol. The molecule has 6 aliphatic rings. The maximum atomic E-state index is 11.1. The molecule has 4 heteroatoms. The van der Waals surface area contributed by atoms with Crippen molar-refractivity contribution in [2.75, 3.05) is 13.2 Å². The van der Waals surface area contributed by atoms with Gasteiger partial charge in [-0.2, -0.15) is 0 Å². The number of aliphatic hydroxyl groups is 2. The van der Waals surface area contributed by atoms with E-state index < -0.39 is 11.5 Å². The SMILES string of the molecule is C=C(OCc1ccccc1)[C@]12CC[C@@H](C3(C)CO3)[C@@H]1C1CCC3[C@@]4(C)CC[C@H](O)[C@@](C)(CO)[C@@H]4CC[C@@]3(C)[C@]1(C)CC2. The van der Waals surface area contributed by atoms with Crippen LogP contribution in [0, 0.1) is 56.7 Å². The molecule has 0 aromatic heterocycles. The first-order chi connectivity index (χ1) is 19.9. The molecule has 1 aromatic rings. The van der Waals surface area contributed by atoms with Gasteiger partial charge in [-0.25, -0.2) is 0 Å². The minimum Gasteiger partial charge on any atom is -0.493 e. The fourth-order valence-electron chi connectivity index (χ4n) is 13.0. The second kappa shape index (κ2) is 9.57. The van der Waals surface area contributed by atoms with Crippen LogP contribution in [-0.4, -0.2) is 35.1 Å². The Hall–Kier alpha value is -1.36. The highest BCUT2D eigenvalue weighted by Gasteiger charge is 2.73. The second-order valence-corrected chi connectivity index (χ2v) is 17.0. The first kappa shape index (κ1) is 29.4. The molecule has 3 unspecified atom stereocenters. The van der Waals surface area contributed by atoms with Crippen LogP contribution in [0.25, 0.3) is 0 Å². The van der Waals surface area contributed by atoms with Crippen molar-refractivity contribution in [3.8, 4) is 0 Å². The summed E-state index contributed by atoms with van der Waals surface area (Å²) in [7, 11) is 0. The molecule has 4 nitrogen and oxygen atoms in total. The largest absolute Gasteiger partial charge is 0.493 e. The number of epoxide rings is 1. The molecule has 232 valence electrons. The van der Waals surface area contributed by atoms with Crippen molar-refractivity contribution in [3.63, 3.8) is 0 Å². The van der Waals surface area contributed by atoms with Crippen LogP contribution in [0.1, 0.15) is 104 Å². The topological polar surface area (TPSA) is 62.2 Å². The van der Waals surface area contributed by atoms with Crippen molar-refractivity contribution in [1.29, 1.82) is 0 Å². The fraction of sp³-hybridized carbons (Fsp3) is 0.789. The van der Waals surface area contributed by atoms with E-state index in [0.717, 1.165) is 31.6 Å². The Bertz CT molecular complexity index is 1210. The number of allylic oxidation sites excluding steroid dienone is 1. The Balaban J connectivity index is 1.23. The van der Waals surface area contributed by atoms with Gasteiger partial charge in [-0.05, 0) is 123 Å². The van der Waals surface area contributed by atoms with E-state index in [-0.39, 0.29) is 33.9 Å². The highest BCUT2D eigenvalue weighted by molar-refractivity contribution is 5.26. The summed E-state index contributed by atoms with van der Waals surface area (Å²) in [5.41, 5.74) is 1.52. The van der Waals surface area contributed by atoms with Crippen molar-refractivity contribution in [2.24, 2.45) is 56.7 Å². The summed E-state index contributed by atoms with van der Waals surface area (Å²) >= 11 is 0. The van der Waals surface area contributed by atoms with E-state index in [9.17, 15) is 10.2 Å². The van der Waals surface area contributed by atoms with Crippen molar-refractivity contribution in [2.45, 2.75) is 117 Å². The summed E-state index contributed by atoms with van der Waals surface area (Å²) in [6.45, 7) is 18.7. The Morgan fingerprint density at radius 2 is 1.60 bits per heavy atom. The molecule has 1 saturated heterocycles. The lowest BCUT2D eigenvalue weighted by molar-refractivity contribution is -0.255. The van der Waals surface area contributed by atoms with E-state index in [1.165, 1.54) is 50.5 Å². The van der Waals surface area contributed by atoms with Gasteiger partial charge in [0.25, 0.3) is 0 Å². The van der Waals surface area contributed by atoms with E-state index in [2.05, 4.69) is 65.0 Å². The second-order valence-electron chi connectivity index (χ2n) is 17.0. The number of aliphatic hydroxyl groups excluding tert-OH is 2. The van der Waals surface area contributed by atoms with Gasteiger partial charge in [0.2, 0.25) is 0 Å². The summed E-state index contributed by atoms with van der Waals surface area (Å²) in [5.74, 6) is 3.79. The van der Waals surface area contributed by atoms with E-state index in [0.29, 0.717) is 36.2 Å². The van der Waals surface area contributed by atoms with Crippen molar-refractivity contribution >= 4 is 0 Å². The number of fused-ring (bicyclic) bond motifs is 7. The zero-order valence-corrected chi connectivity index (χ0v) is 27.0. The fourth-order valence-corrected chi connectivity index (χ4v) is 13.0. The van der Waals surface area contributed by atoms with Crippen LogP contribution in [-0.2, 0) is 16.1 Å². The van der Waals surface area contributed by atoms with E-state index in [4.69, 9.17) is 16.1 Å². The lowest BCUT2D eigenvalue weighted by Crippen LogP contribution is -2.67. The van der Waals surface area contributed by atoms with E-state index in [1.54, 1.807) is 0 Å². The first-order valence-electron chi connectivity index (χ1n) is 17.2. The summed E-state index contributed by atoms with van der Waals surface area (Å²) in [5, 5.41) is 21.7. The average Bonchev–Trinajstić information content (AvgIpc) is 3.59. The maximum Gasteiger partial charge on any atom is 0.113 e. The molecular weight excluding hydrogens is 520 g/mol. The van der Waals surface area contributed by atoms with E-state index >= 15 is 0 Å². The van der Waals surface area contributed by atoms with Crippen molar-refractivity contribution in [1.82, 2.24) is 0 Å². The Morgan fingerprint density at radius 3 is 2.29 bits per heavy atom. The summed E-state index contributed by atoms with van der Waals surface area (Å²) in [6.07, 6.45) is 11.2. The monoisotopic (exact) mass is 576 g/mol. The van der Waals surface area contributed by atoms with Gasteiger partial charge in [0.05, 0.1) is 30.7 Å². The maximum absolute atomic E-state index is 11.1. The molecule has 1 aromatic carbocycles. The minimum atomic E-state index is -0.396. The third kappa shape index (κ3) is 3.76. The smallest absolute Gasteiger partial charge is 0.113 e. The quantitative estimate of drug-likeness (QED) is 0.267. The lowest BCUT2D eigenvalue weighted by atomic mass is 9.32. The zero-order valence-electron chi connectivity index (χ0n) is 27.0. The first-order valence-corrected chi connectivity index (χ1v) is 17.2. The third-order valence-corrected chi connectivity index (χ3v) is 15.7. The number of hydrogen-bond acceptors (Lipinski definition) is 4. The Labute approximate surface area is 254 Å². The van der Waals surface area contributed by atoms with Gasteiger partial charge < -0.3 is 19.7 Å². The molecule has 1 heterocycles. The van der Waals surface area contributed by atoms with Crippen molar-refractivity contribution < 1.29 is 19.7 Å². The van der Waals surface area contributed by atoms with E-state index in [1.807, 2.05) is 0 Å². The molecule has 0 spiro atoms. The van der Waals surface area contributed by atoms with Crippen LogP contribution in [0.2, 0.25) is 0 Å². The normalized spacial score (nSPS) is 52.8. The van der Waals surface area contributed by atoms with Gasteiger partial charge >= 0.3 is 0 Å². The van der Waals surface area contributed by atoms with Gasteiger partial charge in [0.15, 0.2) is 0 Å². The van der Waals surface area contributed by atoms with Crippen LogP contribution in [0.5, 0.6) is 0 Å². The molecule has 6 fully saturated rings. The number of rotatable bonds is 6. The number of ether oxygens (including phenoxy) is 2. The molecule has 0 bridgehead atoms. The zero-order chi connectivity index (χ0) is 29.8. The van der Waals surface area contributed by atoms with Gasteiger partial charge in [-0.3, -0.25) is 0 Å². The molecule has 12 atom stereocenters. The van der Waals surface area contributed by atoms with Gasteiger partial charge in [0, 0.05) is 10.8 Å². The highest BCUT2D eigenvalue weighted by Crippen LogP contribution is 2.78. The van der Waals surface area contributed by atoms with Crippen LogP contribution in [0.15, 0.2) is 42.7 Å². The molecule has 7 rings (SSSR count). The molecule has 42 heavy (non-hydrogen) atoms. The number of hydrogen-bond donors (Lipinski definition) is 2. The van der Waals surface area contributed by atoms with Crippen molar-refractivity contribution in [3.05, 3.63) is 48.2 Å². The molecular formula is C38H56O4. The molecule has 2 N–H and O–H groups in total. The predicted octanol–water partition coefficient (Wildman–Crippen LogP) is 7.92. The van der Waals surface area contributed by atoms with Crippen LogP contribution in [0.4, 0.5) is 0 Å². The molecule has 5 aliphatic carbocycles. The molecule has 1 aliphatic heterocycles. The molecule has 0 amide bonds. The minimum absolute atomic E-state index is 0.00815. The lowest BCUT2D eigenvalue weighted by Gasteiger charge is -2.73. The van der Waals surface area contributed by atoms with Gasteiger partial charge in [0.1, 0.15) is 6.61 Å².